The van der Waals surface area contributed by atoms with Crippen molar-refractivity contribution in [3.63, 3.8) is 0 Å². The molecule has 8 heteroatoms. The number of thiazole rings is 1. The van der Waals surface area contributed by atoms with Crippen LogP contribution in [-0.4, -0.2) is 35.4 Å². The maximum Gasteiger partial charge on any atom is 0.291 e. The predicted molar refractivity (Wildman–Crippen MR) is 121 cm³/mol. The quantitative estimate of drug-likeness (QED) is 0.393. The van der Waals surface area contributed by atoms with Crippen LogP contribution in [0.4, 0.5) is 0 Å². The van der Waals surface area contributed by atoms with Crippen molar-refractivity contribution in [1.82, 2.24) is 14.6 Å². The zero-order valence-electron chi connectivity index (χ0n) is 17.6. The first-order valence-electron chi connectivity index (χ1n) is 10.00. The minimum Gasteiger partial charge on any atom is -0.493 e. The summed E-state index contributed by atoms with van der Waals surface area (Å²) in [6.07, 6.45) is 3.88. The Bertz CT molecular complexity index is 1310. The Morgan fingerprint density at radius 3 is 2.61 bits per heavy atom. The van der Waals surface area contributed by atoms with Crippen LogP contribution in [0.2, 0.25) is 0 Å². The van der Waals surface area contributed by atoms with Crippen molar-refractivity contribution in [3.8, 4) is 28.6 Å². The van der Waals surface area contributed by atoms with Crippen LogP contribution < -0.4 is 24.3 Å². The van der Waals surface area contributed by atoms with Gasteiger partial charge in [0.05, 0.1) is 25.4 Å². The van der Waals surface area contributed by atoms with Gasteiger partial charge in [0.2, 0.25) is 4.96 Å². The van der Waals surface area contributed by atoms with Crippen LogP contribution in [0, 0.1) is 0 Å². The highest BCUT2D eigenvalue weighted by atomic mass is 32.1. The molecule has 0 unspecified atom stereocenters. The van der Waals surface area contributed by atoms with Crippen LogP contribution >= 0.6 is 11.3 Å². The highest BCUT2D eigenvalue weighted by Gasteiger charge is 2.14. The van der Waals surface area contributed by atoms with Crippen molar-refractivity contribution in [2.45, 2.75) is 19.8 Å². The lowest BCUT2D eigenvalue weighted by molar-refractivity contribution is 0.309. The molecule has 2 aromatic heterocycles. The summed E-state index contributed by atoms with van der Waals surface area (Å²) in [6.45, 7) is 2.77. The molecule has 2 heterocycles. The Morgan fingerprint density at radius 2 is 1.87 bits per heavy atom. The molecule has 0 aliphatic rings. The predicted octanol–water partition coefficient (Wildman–Crippen LogP) is 3.56. The Hall–Kier alpha value is -3.39. The average Bonchev–Trinajstić information content (AvgIpc) is 3.34. The zero-order chi connectivity index (χ0) is 21.8. The molecule has 0 atom stereocenters. The lowest BCUT2D eigenvalue weighted by atomic mass is 10.2. The Labute approximate surface area is 183 Å². The van der Waals surface area contributed by atoms with Gasteiger partial charge in [0.1, 0.15) is 5.75 Å². The number of methoxy groups -OCH3 is 2. The van der Waals surface area contributed by atoms with Crippen LogP contribution in [0.3, 0.4) is 0 Å². The van der Waals surface area contributed by atoms with E-state index in [1.807, 2.05) is 36.4 Å². The van der Waals surface area contributed by atoms with Gasteiger partial charge in [0, 0.05) is 11.1 Å². The summed E-state index contributed by atoms with van der Waals surface area (Å²) in [5, 5.41) is 4.41. The van der Waals surface area contributed by atoms with Crippen molar-refractivity contribution < 1.29 is 14.2 Å². The van der Waals surface area contributed by atoms with Gasteiger partial charge in [-0.2, -0.15) is 9.50 Å². The molecule has 0 saturated heterocycles. The first-order valence-corrected chi connectivity index (χ1v) is 10.8. The molecule has 0 aliphatic heterocycles. The lowest BCUT2D eigenvalue weighted by Gasteiger charge is -2.08. The second-order valence-corrected chi connectivity index (χ2v) is 7.86. The van der Waals surface area contributed by atoms with E-state index in [4.69, 9.17) is 14.2 Å². The van der Waals surface area contributed by atoms with Gasteiger partial charge in [-0.25, -0.2) is 0 Å². The van der Waals surface area contributed by atoms with Gasteiger partial charge in [-0.3, -0.25) is 4.79 Å². The molecule has 0 saturated carbocycles. The van der Waals surface area contributed by atoms with Gasteiger partial charge in [-0.15, -0.1) is 5.10 Å². The van der Waals surface area contributed by atoms with E-state index in [0.29, 0.717) is 33.4 Å². The summed E-state index contributed by atoms with van der Waals surface area (Å²) in [7, 11) is 3.15. The normalized spacial score (nSPS) is 11.8. The van der Waals surface area contributed by atoms with E-state index in [1.165, 1.54) is 15.9 Å². The first-order chi connectivity index (χ1) is 15.1. The third-order valence-electron chi connectivity index (χ3n) is 4.78. The molecule has 0 amide bonds. The SMILES string of the molecule is CCCCOc1ccccc1C=c1sc2nc(-c3ccc(OC)c(OC)c3)nn2c1=O. The molecule has 0 bridgehead atoms. The molecule has 4 rings (SSSR count). The second kappa shape index (κ2) is 9.18. The number of unbranched alkanes of at least 4 members (excludes halogenated alkanes) is 1. The number of rotatable bonds is 8. The molecule has 4 aromatic rings. The Morgan fingerprint density at radius 1 is 1.06 bits per heavy atom. The van der Waals surface area contributed by atoms with Gasteiger partial charge in [-0.05, 0) is 36.8 Å². The first kappa shape index (κ1) is 20.9. The van der Waals surface area contributed by atoms with E-state index in [0.717, 1.165) is 29.7 Å². The average molecular weight is 438 g/mol. The number of nitrogens with zero attached hydrogens (tertiary/aromatic N) is 3. The third kappa shape index (κ3) is 4.25. The number of fused-ring (bicyclic) bond motifs is 1. The monoisotopic (exact) mass is 437 g/mol. The van der Waals surface area contributed by atoms with E-state index >= 15 is 0 Å². The minimum absolute atomic E-state index is 0.206. The molecule has 0 aliphatic carbocycles. The minimum atomic E-state index is -0.206. The van der Waals surface area contributed by atoms with Crippen molar-refractivity contribution in [2.75, 3.05) is 20.8 Å². The molecule has 2 aromatic carbocycles. The number of hydrogen-bond acceptors (Lipinski definition) is 7. The summed E-state index contributed by atoms with van der Waals surface area (Å²) < 4.78 is 18.4. The standard InChI is InChI=1S/C23H23N3O4S/c1-4-5-12-30-17-9-7-6-8-15(17)14-20-22(27)26-23(31-20)24-21(25-26)16-10-11-18(28-2)19(13-16)29-3/h6-11,13-14H,4-5,12H2,1-3H3. The maximum atomic E-state index is 12.9. The molecular weight excluding hydrogens is 414 g/mol. The van der Waals surface area contributed by atoms with Crippen LogP contribution in [0.1, 0.15) is 25.3 Å². The fourth-order valence-corrected chi connectivity index (χ4v) is 4.03. The van der Waals surface area contributed by atoms with E-state index in [9.17, 15) is 4.79 Å². The Kier molecular flexibility index (Phi) is 6.18. The van der Waals surface area contributed by atoms with E-state index < -0.39 is 0 Å². The summed E-state index contributed by atoms with van der Waals surface area (Å²) >= 11 is 1.30. The Balaban J connectivity index is 1.70. The molecular formula is C23H23N3O4S. The smallest absolute Gasteiger partial charge is 0.291 e. The summed E-state index contributed by atoms with van der Waals surface area (Å²) in [4.78, 5) is 18.0. The number of hydrogen-bond donors (Lipinski definition) is 0. The molecule has 0 N–H and O–H groups in total. The fourth-order valence-electron chi connectivity index (χ4n) is 3.13. The topological polar surface area (TPSA) is 74.9 Å². The second-order valence-electron chi connectivity index (χ2n) is 6.86. The van der Waals surface area contributed by atoms with Crippen LogP contribution in [0.25, 0.3) is 22.4 Å². The molecule has 0 spiro atoms. The molecule has 0 radical (unpaired) electrons. The lowest BCUT2D eigenvalue weighted by Crippen LogP contribution is -2.23. The van der Waals surface area contributed by atoms with Crippen LogP contribution in [-0.2, 0) is 0 Å². The number of benzene rings is 2. The largest absolute Gasteiger partial charge is 0.493 e. The summed E-state index contributed by atoms with van der Waals surface area (Å²) in [5.41, 5.74) is 1.40. The molecule has 7 nitrogen and oxygen atoms in total. The van der Waals surface area contributed by atoms with E-state index in [1.54, 1.807) is 26.4 Å². The van der Waals surface area contributed by atoms with E-state index in [2.05, 4.69) is 17.0 Å². The number of para-hydroxylation sites is 1. The maximum absolute atomic E-state index is 12.9. The van der Waals surface area contributed by atoms with Crippen LogP contribution in [0.5, 0.6) is 17.2 Å². The van der Waals surface area contributed by atoms with Gasteiger partial charge >= 0.3 is 0 Å². The molecule has 0 fully saturated rings. The van der Waals surface area contributed by atoms with Crippen molar-refractivity contribution in [3.05, 3.63) is 62.9 Å². The molecule has 31 heavy (non-hydrogen) atoms. The van der Waals surface area contributed by atoms with Crippen molar-refractivity contribution >= 4 is 22.4 Å². The van der Waals surface area contributed by atoms with Gasteiger partial charge in [0.15, 0.2) is 17.3 Å². The van der Waals surface area contributed by atoms with Crippen molar-refractivity contribution in [2.24, 2.45) is 0 Å². The summed E-state index contributed by atoms with van der Waals surface area (Å²) in [6, 6.07) is 13.1. The highest BCUT2D eigenvalue weighted by Crippen LogP contribution is 2.31. The molecule has 160 valence electrons. The number of ether oxygens (including phenoxy) is 3. The van der Waals surface area contributed by atoms with Gasteiger partial charge < -0.3 is 14.2 Å². The van der Waals surface area contributed by atoms with Gasteiger partial charge in [0.25, 0.3) is 5.56 Å². The fraction of sp³-hybridized carbons (Fsp3) is 0.261. The number of aromatic nitrogens is 3. The third-order valence-corrected chi connectivity index (χ3v) is 5.74. The highest BCUT2D eigenvalue weighted by molar-refractivity contribution is 7.15. The van der Waals surface area contributed by atoms with Crippen molar-refractivity contribution in [1.29, 1.82) is 0 Å². The zero-order valence-corrected chi connectivity index (χ0v) is 18.4. The van der Waals surface area contributed by atoms with Crippen LogP contribution in [0.15, 0.2) is 47.3 Å². The summed E-state index contributed by atoms with van der Waals surface area (Å²) in [5.74, 6) is 2.42. The van der Waals surface area contributed by atoms with E-state index in [-0.39, 0.29) is 5.56 Å². The van der Waals surface area contributed by atoms with Gasteiger partial charge in [-0.1, -0.05) is 42.9 Å².